The molecule has 0 fully saturated rings. The summed E-state index contributed by atoms with van der Waals surface area (Å²) in [6.45, 7) is 5.84. The highest BCUT2D eigenvalue weighted by atomic mass is 79.9. The zero-order valence-corrected chi connectivity index (χ0v) is 8.63. The molecule has 0 aliphatic carbocycles. The van der Waals surface area contributed by atoms with E-state index in [9.17, 15) is 0 Å². The van der Waals surface area contributed by atoms with Crippen LogP contribution in [0.5, 0.6) is 0 Å². The second-order valence-corrected chi connectivity index (χ2v) is 3.32. The van der Waals surface area contributed by atoms with Crippen molar-refractivity contribution < 1.29 is 0 Å². The molecule has 0 radical (unpaired) electrons. The maximum absolute atomic E-state index is 3.71. The van der Waals surface area contributed by atoms with Crippen LogP contribution in [0.1, 0.15) is 13.3 Å². The highest BCUT2D eigenvalue weighted by Gasteiger charge is 1.89. The first-order valence-electron chi connectivity index (χ1n) is 2.80. The van der Waals surface area contributed by atoms with Crippen molar-refractivity contribution in [3.63, 3.8) is 0 Å². The zero-order chi connectivity index (χ0) is 7.28. The van der Waals surface area contributed by atoms with Gasteiger partial charge in [-0.25, -0.2) is 0 Å². The lowest BCUT2D eigenvalue weighted by Gasteiger charge is -1.95. The predicted octanol–water partition coefficient (Wildman–Crippen LogP) is 3.63. The van der Waals surface area contributed by atoms with Crippen LogP contribution in [0.4, 0.5) is 0 Å². The van der Waals surface area contributed by atoms with E-state index in [1.165, 1.54) is 5.57 Å². The summed E-state index contributed by atoms with van der Waals surface area (Å²) in [5.74, 6) is 0. The molecule has 0 aromatic carbocycles. The van der Waals surface area contributed by atoms with Gasteiger partial charge < -0.3 is 0 Å². The molecule has 0 spiro atoms. The van der Waals surface area contributed by atoms with Crippen LogP contribution in [-0.4, -0.2) is 5.33 Å². The average Bonchev–Trinajstić information content (AvgIpc) is 1.82. The van der Waals surface area contributed by atoms with Crippen LogP contribution in [0.3, 0.4) is 0 Å². The molecule has 52 valence electrons. The maximum atomic E-state index is 3.71. The van der Waals surface area contributed by atoms with E-state index in [1.54, 1.807) is 0 Å². The first-order chi connectivity index (χ1) is 4.20. The van der Waals surface area contributed by atoms with Crippen molar-refractivity contribution in [3.8, 4) is 0 Å². The lowest BCUT2D eigenvalue weighted by atomic mass is 10.2. The van der Waals surface area contributed by atoms with Gasteiger partial charge in [0.05, 0.1) is 0 Å². The minimum Gasteiger partial charge on any atom is -0.0880 e. The van der Waals surface area contributed by atoms with Gasteiger partial charge >= 0.3 is 0 Å². The van der Waals surface area contributed by atoms with Crippen molar-refractivity contribution in [2.75, 3.05) is 5.33 Å². The SMILES string of the molecule is C=C(Br)C=C(CC)CBr. The fourth-order valence-corrected chi connectivity index (χ4v) is 1.34. The van der Waals surface area contributed by atoms with Gasteiger partial charge in [-0.3, -0.25) is 0 Å². The molecule has 0 aliphatic heterocycles. The quantitative estimate of drug-likeness (QED) is 0.532. The standard InChI is InChI=1S/C7H10Br2/c1-3-7(5-8)4-6(2)9/h4H,2-3,5H2,1H3. The molecule has 0 atom stereocenters. The molecular formula is C7H10Br2. The minimum absolute atomic E-state index is 0.939. The Morgan fingerprint density at radius 1 is 1.67 bits per heavy atom. The average molecular weight is 254 g/mol. The van der Waals surface area contributed by atoms with Crippen LogP contribution in [0.25, 0.3) is 0 Å². The van der Waals surface area contributed by atoms with Crippen molar-refractivity contribution in [3.05, 3.63) is 22.7 Å². The van der Waals surface area contributed by atoms with E-state index in [2.05, 4.69) is 45.4 Å². The van der Waals surface area contributed by atoms with E-state index in [4.69, 9.17) is 0 Å². The predicted molar refractivity (Wildman–Crippen MR) is 50.2 cm³/mol. The van der Waals surface area contributed by atoms with Gasteiger partial charge in [-0.15, -0.1) is 0 Å². The van der Waals surface area contributed by atoms with Gasteiger partial charge in [0.2, 0.25) is 0 Å². The molecule has 0 rings (SSSR count). The molecule has 0 amide bonds. The molecule has 0 nitrogen and oxygen atoms in total. The van der Waals surface area contributed by atoms with Crippen LogP contribution in [0.2, 0.25) is 0 Å². The second-order valence-electron chi connectivity index (χ2n) is 1.74. The summed E-state index contributed by atoms with van der Waals surface area (Å²) in [7, 11) is 0. The molecule has 2 heteroatoms. The summed E-state index contributed by atoms with van der Waals surface area (Å²) in [6, 6.07) is 0. The highest BCUT2D eigenvalue weighted by molar-refractivity contribution is 9.11. The fraction of sp³-hybridized carbons (Fsp3) is 0.429. The molecule has 0 N–H and O–H groups in total. The Bertz CT molecular complexity index is 119. The van der Waals surface area contributed by atoms with Crippen molar-refractivity contribution in [2.24, 2.45) is 0 Å². The molecule has 0 heterocycles. The van der Waals surface area contributed by atoms with Crippen LogP contribution < -0.4 is 0 Å². The van der Waals surface area contributed by atoms with Gasteiger partial charge in [-0.05, 0) is 12.5 Å². The minimum atomic E-state index is 0.939. The lowest BCUT2D eigenvalue weighted by molar-refractivity contribution is 1.11. The van der Waals surface area contributed by atoms with E-state index >= 15 is 0 Å². The van der Waals surface area contributed by atoms with Crippen molar-refractivity contribution in [1.82, 2.24) is 0 Å². The molecule has 0 aromatic heterocycles. The molecule has 0 aromatic rings. The number of hydrogen-bond donors (Lipinski definition) is 0. The first kappa shape index (κ1) is 9.44. The summed E-state index contributed by atoms with van der Waals surface area (Å²) in [5.41, 5.74) is 1.36. The Hall–Kier alpha value is 0.440. The zero-order valence-electron chi connectivity index (χ0n) is 5.45. The molecule has 0 aliphatic rings. The number of hydrogen-bond acceptors (Lipinski definition) is 0. The summed E-state index contributed by atoms with van der Waals surface area (Å²) in [6.07, 6.45) is 3.12. The molecule has 0 saturated carbocycles. The Labute approximate surface area is 73.3 Å². The first-order valence-corrected chi connectivity index (χ1v) is 4.72. The van der Waals surface area contributed by atoms with Gasteiger partial charge in [0, 0.05) is 9.81 Å². The molecule has 0 bridgehead atoms. The van der Waals surface area contributed by atoms with Crippen molar-refractivity contribution in [2.45, 2.75) is 13.3 Å². The van der Waals surface area contributed by atoms with Crippen LogP contribution in [0.15, 0.2) is 22.7 Å². The van der Waals surface area contributed by atoms with Crippen LogP contribution >= 0.6 is 31.9 Å². The third-order valence-electron chi connectivity index (χ3n) is 0.987. The van der Waals surface area contributed by atoms with Gasteiger partial charge in [0.15, 0.2) is 0 Å². The Kier molecular flexibility index (Phi) is 5.50. The Morgan fingerprint density at radius 2 is 2.22 bits per heavy atom. The van der Waals surface area contributed by atoms with Crippen molar-refractivity contribution in [1.29, 1.82) is 0 Å². The largest absolute Gasteiger partial charge is 0.0880 e. The summed E-state index contributed by atoms with van der Waals surface area (Å²) < 4.78 is 0.943. The lowest BCUT2D eigenvalue weighted by Crippen LogP contribution is -1.79. The summed E-state index contributed by atoms with van der Waals surface area (Å²) in [5, 5.41) is 0.939. The van der Waals surface area contributed by atoms with Crippen molar-refractivity contribution >= 4 is 31.9 Å². The van der Waals surface area contributed by atoms with Crippen LogP contribution in [0, 0.1) is 0 Å². The number of rotatable bonds is 3. The number of halogens is 2. The van der Waals surface area contributed by atoms with Gasteiger partial charge in [0.1, 0.15) is 0 Å². The molecule has 0 saturated heterocycles. The summed E-state index contributed by atoms with van der Waals surface area (Å²) in [4.78, 5) is 0. The van der Waals surface area contributed by atoms with Gasteiger partial charge in [0.25, 0.3) is 0 Å². The second kappa shape index (κ2) is 5.24. The van der Waals surface area contributed by atoms with Gasteiger partial charge in [-0.2, -0.15) is 0 Å². The highest BCUT2D eigenvalue weighted by Crippen LogP contribution is 2.11. The fourth-order valence-electron chi connectivity index (χ4n) is 0.457. The van der Waals surface area contributed by atoms with Crippen LogP contribution in [-0.2, 0) is 0 Å². The van der Waals surface area contributed by atoms with E-state index in [0.717, 1.165) is 16.2 Å². The molecule has 0 unspecified atom stereocenters. The Morgan fingerprint density at radius 3 is 2.33 bits per heavy atom. The topological polar surface area (TPSA) is 0 Å². The molecule has 9 heavy (non-hydrogen) atoms. The van der Waals surface area contributed by atoms with Gasteiger partial charge in [-0.1, -0.05) is 50.9 Å². The maximum Gasteiger partial charge on any atom is 0.0245 e. The van der Waals surface area contributed by atoms with E-state index in [1.807, 2.05) is 6.08 Å². The summed E-state index contributed by atoms with van der Waals surface area (Å²) >= 11 is 6.64. The van der Waals surface area contributed by atoms with E-state index in [-0.39, 0.29) is 0 Å². The number of allylic oxidation sites excluding steroid dienone is 3. The molecular weight excluding hydrogens is 244 g/mol. The number of alkyl halides is 1. The van der Waals surface area contributed by atoms with E-state index in [0.29, 0.717) is 0 Å². The third kappa shape index (κ3) is 4.91. The monoisotopic (exact) mass is 252 g/mol. The van der Waals surface area contributed by atoms with E-state index < -0.39 is 0 Å². The third-order valence-corrected chi connectivity index (χ3v) is 1.94. The normalized spacial score (nSPS) is 11.7. The Balaban J connectivity index is 3.91. The smallest absolute Gasteiger partial charge is 0.0245 e.